The molecule has 3 heteroatoms. The summed E-state index contributed by atoms with van der Waals surface area (Å²) in [5.74, 6) is 2.05. The summed E-state index contributed by atoms with van der Waals surface area (Å²) in [4.78, 5) is 2.68. The van der Waals surface area contributed by atoms with Crippen LogP contribution < -0.4 is 5.32 Å². The number of methoxy groups -OCH3 is 1. The molecular formula is C13H24N2O. The molecule has 3 fully saturated rings. The molecule has 1 saturated carbocycles. The van der Waals surface area contributed by atoms with Gasteiger partial charge < -0.3 is 15.0 Å². The molecule has 0 amide bonds. The maximum absolute atomic E-state index is 5.40. The first-order valence-electron chi connectivity index (χ1n) is 6.83. The molecule has 16 heavy (non-hydrogen) atoms. The van der Waals surface area contributed by atoms with Gasteiger partial charge in [0.25, 0.3) is 0 Å². The van der Waals surface area contributed by atoms with Crippen LogP contribution in [0.5, 0.6) is 0 Å². The molecule has 0 aromatic rings. The highest BCUT2D eigenvalue weighted by Gasteiger charge is 2.37. The summed E-state index contributed by atoms with van der Waals surface area (Å²) in [5, 5.41) is 3.58. The standard InChI is InChI=1S/C13H24N2O/c1-16-13-5-12(14-6-13)9-15-7-10-3-2-4-11(10)8-15/h10-14H,2-9H2,1H3. The minimum absolute atomic E-state index is 0.451. The summed E-state index contributed by atoms with van der Waals surface area (Å²) in [6.45, 7) is 5.01. The molecule has 3 aliphatic rings. The molecule has 4 atom stereocenters. The molecule has 2 saturated heterocycles. The highest BCUT2D eigenvalue weighted by molar-refractivity contribution is 4.92. The quantitative estimate of drug-likeness (QED) is 0.777. The van der Waals surface area contributed by atoms with Crippen molar-refractivity contribution in [3.05, 3.63) is 0 Å². The third-order valence-electron chi connectivity index (χ3n) is 4.80. The maximum Gasteiger partial charge on any atom is 0.0711 e. The van der Waals surface area contributed by atoms with Crippen LogP contribution in [0.3, 0.4) is 0 Å². The van der Waals surface area contributed by atoms with E-state index in [1.165, 1.54) is 45.3 Å². The third kappa shape index (κ3) is 2.13. The summed E-state index contributed by atoms with van der Waals surface area (Å²) < 4.78 is 5.40. The monoisotopic (exact) mass is 224 g/mol. The van der Waals surface area contributed by atoms with E-state index in [9.17, 15) is 0 Å². The van der Waals surface area contributed by atoms with Crippen LogP contribution in [-0.4, -0.2) is 50.3 Å². The van der Waals surface area contributed by atoms with Crippen molar-refractivity contribution in [3.63, 3.8) is 0 Å². The van der Waals surface area contributed by atoms with E-state index in [-0.39, 0.29) is 0 Å². The van der Waals surface area contributed by atoms with Gasteiger partial charge in [-0.3, -0.25) is 0 Å². The fourth-order valence-electron chi connectivity index (χ4n) is 3.89. The van der Waals surface area contributed by atoms with E-state index in [2.05, 4.69) is 10.2 Å². The molecule has 0 aromatic carbocycles. The number of hydrogen-bond donors (Lipinski definition) is 1. The molecule has 0 aromatic heterocycles. The van der Waals surface area contributed by atoms with Crippen LogP contribution in [-0.2, 0) is 4.74 Å². The number of rotatable bonds is 3. The zero-order valence-corrected chi connectivity index (χ0v) is 10.3. The van der Waals surface area contributed by atoms with Crippen molar-refractivity contribution in [1.82, 2.24) is 10.2 Å². The Morgan fingerprint density at radius 1 is 1.25 bits per heavy atom. The van der Waals surface area contributed by atoms with Gasteiger partial charge in [-0.2, -0.15) is 0 Å². The predicted molar refractivity (Wildman–Crippen MR) is 64.5 cm³/mol. The summed E-state index contributed by atoms with van der Waals surface area (Å²) in [6, 6.07) is 0.670. The Morgan fingerprint density at radius 2 is 2.00 bits per heavy atom. The second-order valence-corrected chi connectivity index (χ2v) is 5.87. The van der Waals surface area contributed by atoms with Crippen molar-refractivity contribution < 1.29 is 4.74 Å². The van der Waals surface area contributed by atoms with Crippen molar-refractivity contribution in [1.29, 1.82) is 0 Å². The van der Waals surface area contributed by atoms with Crippen molar-refractivity contribution in [3.8, 4) is 0 Å². The fourth-order valence-corrected chi connectivity index (χ4v) is 3.89. The molecule has 3 rings (SSSR count). The number of likely N-dealkylation sites (tertiary alicyclic amines) is 1. The minimum atomic E-state index is 0.451. The van der Waals surface area contributed by atoms with Gasteiger partial charge in [-0.15, -0.1) is 0 Å². The topological polar surface area (TPSA) is 24.5 Å². The first kappa shape index (κ1) is 11.0. The molecule has 4 unspecified atom stereocenters. The van der Waals surface area contributed by atoms with Crippen molar-refractivity contribution in [2.45, 2.75) is 37.8 Å². The Kier molecular flexibility index (Phi) is 3.18. The molecule has 2 heterocycles. The number of hydrogen-bond acceptors (Lipinski definition) is 3. The average molecular weight is 224 g/mol. The van der Waals surface area contributed by atoms with Gasteiger partial charge in [0, 0.05) is 39.3 Å². The van der Waals surface area contributed by atoms with E-state index in [1.807, 2.05) is 7.11 Å². The molecule has 2 aliphatic heterocycles. The van der Waals surface area contributed by atoms with Crippen LogP contribution in [0.1, 0.15) is 25.7 Å². The molecule has 0 radical (unpaired) electrons. The van der Waals surface area contributed by atoms with Crippen LogP contribution in [0.15, 0.2) is 0 Å². The van der Waals surface area contributed by atoms with Crippen molar-refractivity contribution >= 4 is 0 Å². The van der Waals surface area contributed by atoms with Crippen molar-refractivity contribution in [2.24, 2.45) is 11.8 Å². The lowest BCUT2D eigenvalue weighted by Crippen LogP contribution is -2.36. The SMILES string of the molecule is COC1CNC(CN2CC3CCCC3C2)C1. The van der Waals surface area contributed by atoms with Crippen LogP contribution >= 0.6 is 0 Å². The summed E-state index contributed by atoms with van der Waals surface area (Å²) in [7, 11) is 1.83. The zero-order valence-electron chi connectivity index (χ0n) is 10.3. The van der Waals surface area contributed by atoms with E-state index in [4.69, 9.17) is 4.74 Å². The van der Waals surface area contributed by atoms with Crippen LogP contribution in [0.25, 0.3) is 0 Å². The zero-order chi connectivity index (χ0) is 11.0. The van der Waals surface area contributed by atoms with Gasteiger partial charge in [-0.1, -0.05) is 6.42 Å². The Morgan fingerprint density at radius 3 is 2.62 bits per heavy atom. The predicted octanol–water partition coefficient (Wildman–Crippen LogP) is 1.10. The molecule has 3 nitrogen and oxygen atoms in total. The van der Waals surface area contributed by atoms with Crippen LogP contribution in [0.4, 0.5) is 0 Å². The van der Waals surface area contributed by atoms with E-state index < -0.39 is 0 Å². The highest BCUT2D eigenvalue weighted by Crippen LogP contribution is 2.37. The largest absolute Gasteiger partial charge is 0.380 e. The first-order valence-corrected chi connectivity index (χ1v) is 6.83. The van der Waals surface area contributed by atoms with E-state index in [0.29, 0.717) is 12.1 Å². The molecule has 1 aliphatic carbocycles. The molecule has 1 N–H and O–H groups in total. The molecule has 0 spiro atoms. The Balaban J connectivity index is 1.46. The van der Waals surface area contributed by atoms with Gasteiger partial charge in [-0.25, -0.2) is 0 Å². The van der Waals surface area contributed by atoms with Gasteiger partial charge in [0.15, 0.2) is 0 Å². The number of nitrogens with zero attached hydrogens (tertiary/aromatic N) is 1. The van der Waals surface area contributed by atoms with Gasteiger partial charge in [0.05, 0.1) is 6.10 Å². The summed E-state index contributed by atoms with van der Waals surface area (Å²) >= 11 is 0. The van der Waals surface area contributed by atoms with Gasteiger partial charge in [0.2, 0.25) is 0 Å². The van der Waals surface area contributed by atoms with Crippen LogP contribution in [0.2, 0.25) is 0 Å². The lowest BCUT2D eigenvalue weighted by molar-refractivity contribution is 0.116. The Labute approximate surface area is 98.5 Å². The number of nitrogens with one attached hydrogen (secondary N) is 1. The minimum Gasteiger partial charge on any atom is -0.380 e. The highest BCUT2D eigenvalue weighted by atomic mass is 16.5. The first-order chi connectivity index (χ1) is 7.85. The fraction of sp³-hybridized carbons (Fsp3) is 1.00. The summed E-state index contributed by atoms with van der Waals surface area (Å²) in [6.07, 6.45) is 6.10. The normalized spacial score (nSPS) is 44.1. The van der Waals surface area contributed by atoms with E-state index in [0.717, 1.165) is 18.4 Å². The molecule has 92 valence electrons. The third-order valence-corrected chi connectivity index (χ3v) is 4.80. The van der Waals surface area contributed by atoms with Gasteiger partial charge in [-0.05, 0) is 31.1 Å². The second kappa shape index (κ2) is 4.63. The smallest absolute Gasteiger partial charge is 0.0711 e. The Hall–Kier alpha value is -0.120. The Bertz CT molecular complexity index is 234. The van der Waals surface area contributed by atoms with Gasteiger partial charge >= 0.3 is 0 Å². The van der Waals surface area contributed by atoms with Crippen LogP contribution in [0, 0.1) is 11.8 Å². The van der Waals surface area contributed by atoms with E-state index >= 15 is 0 Å². The molecule has 0 bridgehead atoms. The van der Waals surface area contributed by atoms with E-state index in [1.54, 1.807) is 0 Å². The van der Waals surface area contributed by atoms with Crippen molar-refractivity contribution in [2.75, 3.05) is 33.3 Å². The average Bonchev–Trinajstić information content (AvgIpc) is 2.92. The second-order valence-electron chi connectivity index (χ2n) is 5.87. The van der Waals surface area contributed by atoms with Gasteiger partial charge in [0.1, 0.15) is 0 Å². The summed E-state index contributed by atoms with van der Waals surface area (Å²) in [5.41, 5.74) is 0. The number of ether oxygens (including phenoxy) is 1. The number of fused-ring (bicyclic) bond motifs is 1. The lowest BCUT2D eigenvalue weighted by Gasteiger charge is -2.21. The maximum atomic E-state index is 5.40. The molecular weight excluding hydrogens is 200 g/mol. The lowest BCUT2D eigenvalue weighted by atomic mass is 10.0.